The summed E-state index contributed by atoms with van der Waals surface area (Å²) < 4.78 is 0. The molecule has 4 nitrogen and oxygen atoms in total. The van der Waals surface area contributed by atoms with Gasteiger partial charge in [0.15, 0.2) is 0 Å². The number of hydrogen-bond donors (Lipinski definition) is 1. The molecule has 0 aromatic heterocycles. The van der Waals surface area contributed by atoms with Crippen LogP contribution < -0.4 is 5.32 Å². The largest absolute Gasteiger partial charge is 0.343 e. The van der Waals surface area contributed by atoms with Crippen LogP contribution >= 0.6 is 11.6 Å². The van der Waals surface area contributed by atoms with Gasteiger partial charge >= 0.3 is 0 Å². The zero-order valence-electron chi connectivity index (χ0n) is 14.7. The number of benzene rings is 2. The molecule has 0 bridgehead atoms. The highest BCUT2D eigenvalue weighted by molar-refractivity contribution is 6.30. The smallest absolute Gasteiger partial charge is 0.227 e. The van der Waals surface area contributed by atoms with Crippen molar-refractivity contribution in [1.29, 1.82) is 0 Å². The number of carbonyl (C=O) groups is 2. The maximum absolute atomic E-state index is 12.4. The van der Waals surface area contributed by atoms with Crippen molar-refractivity contribution in [1.82, 2.24) is 4.90 Å². The summed E-state index contributed by atoms with van der Waals surface area (Å²) in [5, 5.41) is 3.66. The monoisotopic (exact) mass is 370 g/mol. The SMILES string of the molecule is O=C(Nc1ccccc1)C1CCN(C(=O)CCc2ccc(Cl)cc2)CC1. The van der Waals surface area contributed by atoms with Gasteiger partial charge in [0.25, 0.3) is 0 Å². The third-order valence-corrected chi connectivity index (χ3v) is 5.05. The normalized spacial score (nSPS) is 14.9. The number of aryl methyl sites for hydroxylation is 1. The number of hydrogen-bond acceptors (Lipinski definition) is 2. The third kappa shape index (κ3) is 5.09. The predicted octanol–water partition coefficient (Wildman–Crippen LogP) is 4.15. The van der Waals surface area contributed by atoms with Gasteiger partial charge in [-0.25, -0.2) is 0 Å². The Bertz CT molecular complexity index is 738. The van der Waals surface area contributed by atoms with E-state index in [1.807, 2.05) is 59.5 Å². The topological polar surface area (TPSA) is 49.4 Å². The van der Waals surface area contributed by atoms with Crippen LogP contribution in [0.15, 0.2) is 54.6 Å². The number of anilines is 1. The van der Waals surface area contributed by atoms with E-state index in [1.54, 1.807) is 0 Å². The zero-order chi connectivity index (χ0) is 18.4. The summed E-state index contributed by atoms with van der Waals surface area (Å²) in [4.78, 5) is 26.6. The molecule has 3 rings (SSSR count). The van der Waals surface area contributed by atoms with E-state index in [-0.39, 0.29) is 17.7 Å². The lowest BCUT2D eigenvalue weighted by Crippen LogP contribution is -2.41. The molecule has 2 aromatic rings. The molecule has 26 heavy (non-hydrogen) atoms. The van der Waals surface area contributed by atoms with Crippen molar-refractivity contribution in [3.05, 3.63) is 65.2 Å². The minimum atomic E-state index is -0.0319. The molecule has 0 spiro atoms. The molecule has 1 N–H and O–H groups in total. The fourth-order valence-electron chi connectivity index (χ4n) is 3.22. The number of carbonyl (C=O) groups excluding carboxylic acids is 2. The molecule has 1 heterocycles. The van der Waals surface area contributed by atoms with Crippen molar-refractivity contribution in [3.8, 4) is 0 Å². The first-order valence-corrected chi connectivity index (χ1v) is 9.38. The molecule has 1 fully saturated rings. The first kappa shape index (κ1) is 18.5. The minimum Gasteiger partial charge on any atom is -0.343 e. The number of piperidine rings is 1. The fraction of sp³-hybridized carbons (Fsp3) is 0.333. The van der Waals surface area contributed by atoms with E-state index < -0.39 is 0 Å². The Kier molecular flexibility index (Phi) is 6.29. The predicted molar refractivity (Wildman–Crippen MR) is 104 cm³/mol. The van der Waals surface area contributed by atoms with Crippen LogP contribution in [0.2, 0.25) is 5.02 Å². The molecule has 1 saturated heterocycles. The molecular weight excluding hydrogens is 348 g/mol. The molecular formula is C21H23ClN2O2. The Morgan fingerprint density at radius 3 is 2.31 bits per heavy atom. The maximum Gasteiger partial charge on any atom is 0.227 e. The lowest BCUT2D eigenvalue weighted by Gasteiger charge is -2.31. The second-order valence-corrected chi connectivity index (χ2v) is 7.07. The van der Waals surface area contributed by atoms with Gasteiger partial charge in [0.05, 0.1) is 0 Å². The average Bonchev–Trinajstić information content (AvgIpc) is 2.68. The van der Waals surface area contributed by atoms with Crippen molar-refractivity contribution in [2.45, 2.75) is 25.7 Å². The van der Waals surface area contributed by atoms with Crippen LogP contribution in [0.4, 0.5) is 5.69 Å². The number of rotatable bonds is 5. The van der Waals surface area contributed by atoms with E-state index in [4.69, 9.17) is 11.6 Å². The van der Waals surface area contributed by atoms with Crippen LogP contribution in [0.5, 0.6) is 0 Å². The summed E-state index contributed by atoms with van der Waals surface area (Å²) >= 11 is 5.88. The number of likely N-dealkylation sites (tertiary alicyclic amines) is 1. The first-order valence-electron chi connectivity index (χ1n) is 9.00. The standard InChI is InChI=1S/C21H23ClN2O2/c22-18-9-6-16(7-10-18)8-11-20(25)24-14-12-17(13-15-24)21(26)23-19-4-2-1-3-5-19/h1-7,9-10,17H,8,11-15H2,(H,23,26). The molecule has 1 aliphatic heterocycles. The molecule has 1 aliphatic rings. The molecule has 0 atom stereocenters. The fourth-order valence-corrected chi connectivity index (χ4v) is 3.34. The molecule has 2 amide bonds. The highest BCUT2D eigenvalue weighted by Gasteiger charge is 2.27. The summed E-state index contributed by atoms with van der Waals surface area (Å²) in [6, 6.07) is 17.1. The summed E-state index contributed by atoms with van der Waals surface area (Å²) in [6.07, 6.45) is 2.63. The van der Waals surface area contributed by atoms with E-state index >= 15 is 0 Å². The van der Waals surface area contributed by atoms with Crippen LogP contribution in [-0.2, 0) is 16.0 Å². The van der Waals surface area contributed by atoms with E-state index in [1.165, 1.54) is 0 Å². The van der Waals surface area contributed by atoms with Gasteiger partial charge in [-0.3, -0.25) is 9.59 Å². The summed E-state index contributed by atoms with van der Waals surface area (Å²) in [5.41, 5.74) is 1.93. The first-order chi connectivity index (χ1) is 12.6. The number of halogens is 1. The highest BCUT2D eigenvalue weighted by atomic mass is 35.5. The van der Waals surface area contributed by atoms with Crippen LogP contribution in [0, 0.1) is 5.92 Å². The molecule has 0 radical (unpaired) electrons. The third-order valence-electron chi connectivity index (χ3n) is 4.80. The van der Waals surface area contributed by atoms with E-state index in [2.05, 4.69) is 5.32 Å². The van der Waals surface area contributed by atoms with Gasteiger partial charge in [-0.2, -0.15) is 0 Å². The van der Waals surface area contributed by atoms with Crippen molar-refractivity contribution >= 4 is 29.1 Å². The average molecular weight is 371 g/mol. The second-order valence-electron chi connectivity index (χ2n) is 6.64. The van der Waals surface area contributed by atoms with Gasteiger partial charge in [0, 0.05) is 36.1 Å². The van der Waals surface area contributed by atoms with Crippen LogP contribution in [0.1, 0.15) is 24.8 Å². The maximum atomic E-state index is 12.4. The molecule has 0 aliphatic carbocycles. The van der Waals surface area contributed by atoms with Crippen molar-refractivity contribution in [2.24, 2.45) is 5.92 Å². The zero-order valence-corrected chi connectivity index (χ0v) is 15.4. The molecule has 5 heteroatoms. The number of amides is 2. The van der Waals surface area contributed by atoms with Crippen LogP contribution in [-0.4, -0.2) is 29.8 Å². The van der Waals surface area contributed by atoms with Crippen LogP contribution in [0.25, 0.3) is 0 Å². The van der Waals surface area contributed by atoms with Crippen molar-refractivity contribution in [3.63, 3.8) is 0 Å². The Labute approximate surface area is 159 Å². The van der Waals surface area contributed by atoms with E-state index in [9.17, 15) is 9.59 Å². The Morgan fingerprint density at radius 2 is 1.65 bits per heavy atom. The van der Waals surface area contributed by atoms with Crippen molar-refractivity contribution in [2.75, 3.05) is 18.4 Å². The lowest BCUT2D eigenvalue weighted by molar-refractivity contribution is -0.134. The van der Waals surface area contributed by atoms with E-state index in [0.29, 0.717) is 43.8 Å². The van der Waals surface area contributed by atoms with Crippen molar-refractivity contribution < 1.29 is 9.59 Å². The minimum absolute atomic E-state index is 0.0319. The summed E-state index contributed by atoms with van der Waals surface area (Å²) in [7, 11) is 0. The second kappa shape index (κ2) is 8.86. The Hall–Kier alpha value is -2.33. The molecule has 0 unspecified atom stereocenters. The lowest BCUT2D eigenvalue weighted by atomic mass is 9.95. The van der Waals surface area contributed by atoms with E-state index in [0.717, 1.165) is 11.3 Å². The van der Waals surface area contributed by atoms with Gasteiger partial charge < -0.3 is 10.2 Å². The number of para-hydroxylation sites is 1. The van der Waals surface area contributed by atoms with Gasteiger partial charge in [-0.05, 0) is 49.1 Å². The molecule has 136 valence electrons. The van der Waals surface area contributed by atoms with Gasteiger partial charge in [0.2, 0.25) is 11.8 Å². The molecule has 2 aromatic carbocycles. The molecule has 0 saturated carbocycles. The summed E-state index contributed by atoms with van der Waals surface area (Å²) in [5.74, 6) is 0.168. The van der Waals surface area contributed by atoms with Gasteiger partial charge in [0.1, 0.15) is 0 Å². The van der Waals surface area contributed by atoms with Gasteiger partial charge in [-0.1, -0.05) is 41.9 Å². The van der Waals surface area contributed by atoms with Gasteiger partial charge in [-0.15, -0.1) is 0 Å². The van der Waals surface area contributed by atoms with Crippen LogP contribution in [0.3, 0.4) is 0 Å². The Morgan fingerprint density at radius 1 is 1.00 bits per heavy atom. The highest BCUT2D eigenvalue weighted by Crippen LogP contribution is 2.20. The number of nitrogens with one attached hydrogen (secondary N) is 1. The Balaban J connectivity index is 1.43. The summed E-state index contributed by atoms with van der Waals surface area (Å²) in [6.45, 7) is 1.29. The number of nitrogens with zero attached hydrogens (tertiary/aromatic N) is 1. The quantitative estimate of drug-likeness (QED) is 0.859.